The minimum Gasteiger partial charge on any atom is -0.377 e. The zero-order valence-electron chi connectivity index (χ0n) is 15.8. The van der Waals surface area contributed by atoms with Gasteiger partial charge in [0.15, 0.2) is 6.29 Å². The number of aliphatic hydroxyl groups is 1. The summed E-state index contributed by atoms with van der Waals surface area (Å²) < 4.78 is 10.9. The van der Waals surface area contributed by atoms with E-state index in [0.717, 1.165) is 25.9 Å². The van der Waals surface area contributed by atoms with Gasteiger partial charge in [-0.3, -0.25) is 0 Å². The molecule has 0 radical (unpaired) electrons. The highest BCUT2D eigenvalue weighted by atomic mass is 16.6. The molecule has 0 fully saturated rings. The first-order valence-electron chi connectivity index (χ1n) is 9.43. The second-order valence-electron chi connectivity index (χ2n) is 6.44. The average molecular weight is 347 g/mol. The van der Waals surface area contributed by atoms with Crippen molar-refractivity contribution in [2.24, 2.45) is 0 Å². The van der Waals surface area contributed by atoms with Crippen LogP contribution in [-0.2, 0) is 16.1 Å². The van der Waals surface area contributed by atoms with E-state index in [1.807, 2.05) is 38.1 Å². The summed E-state index contributed by atoms with van der Waals surface area (Å²) in [4.78, 5) is 0. The van der Waals surface area contributed by atoms with Gasteiger partial charge in [0, 0.05) is 13.0 Å². The van der Waals surface area contributed by atoms with E-state index in [1.165, 1.54) is 18.4 Å². The molecule has 1 aromatic carbocycles. The van der Waals surface area contributed by atoms with Gasteiger partial charge < -0.3 is 14.6 Å². The molecule has 3 nitrogen and oxygen atoms in total. The highest BCUT2D eigenvalue weighted by molar-refractivity contribution is 5.13. The summed E-state index contributed by atoms with van der Waals surface area (Å²) in [5.41, 5.74) is 1.24. The lowest BCUT2D eigenvalue weighted by molar-refractivity contribution is -0.122. The predicted octanol–water partition coefficient (Wildman–Crippen LogP) is 5.40. The molecule has 0 aromatic heterocycles. The Morgan fingerprint density at radius 2 is 1.72 bits per heavy atom. The molecule has 3 heteroatoms. The molecule has 0 saturated heterocycles. The molecule has 0 saturated carbocycles. The number of allylic oxidation sites excluding steroid dienone is 3. The van der Waals surface area contributed by atoms with Gasteiger partial charge in [-0.25, -0.2) is 0 Å². The van der Waals surface area contributed by atoms with Crippen LogP contribution in [0.5, 0.6) is 0 Å². The fourth-order valence-corrected chi connectivity index (χ4v) is 2.38. The Bertz CT molecular complexity index is 465. The number of rotatable bonds is 14. The monoisotopic (exact) mass is 346 g/mol. The maximum Gasteiger partial charge on any atom is 0.158 e. The Morgan fingerprint density at radius 1 is 0.960 bits per heavy atom. The highest BCUT2D eigenvalue weighted by Crippen LogP contribution is 2.05. The first kappa shape index (κ1) is 21.6. The van der Waals surface area contributed by atoms with Gasteiger partial charge in [0.25, 0.3) is 0 Å². The molecule has 1 atom stereocenters. The molecule has 1 aromatic rings. The van der Waals surface area contributed by atoms with Crippen molar-refractivity contribution in [3.63, 3.8) is 0 Å². The van der Waals surface area contributed by atoms with Crippen molar-refractivity contribution in [3.8, 4) is 0 Å². The lowest BCUT2D eigenvalue weighted by Crippen LogP contribution is -2.15. The van der Waals surface area contributed by atoms with E-state index in [0.29, 0.717) is 13.0 Å². The van der Waals surface area contributed by atoms with Crippen LogP contribution in [0.1, 0.15) is 57.9 Å². The second-order valence-corrected chi connectivity index (χ2v) is 6.44. The van der Waals surface area contributed by atoms with E-state index in [-0.39, 0.29) is 6.10 Å². The van der Waals surface area contributed by atoms with Gasteiger partial charge in [0.2, 0.25) is 0 Å². The fraction of sp³-hybridized carbons (Fsp3) is 0.545. The number of hydrogen-bond donors (Lipinski definition) is 1. The molecule has 0 aliphatic heterocycles. The molecule has 0 aliphatic carbocycles. The number of hydrogen-bond acceptors (Lipinski definition) is 3. The molecule has 1 rings (SSSR count). The standard InChI is InChI=1S/C22H34O3/c1-20(2)25-22(23)17-13-8-6-4-3-5-7-9-14-18-24-19-21-15-11-10-12-16-21/h3-4,8,10-13,15-16,20,22-23H,5-7,9,14,17-19H2,1-2H3. The molecular weight excluding hydrogens is 312 g/mol. The van der Waals surface area contributed by atoms with E-state index >= 15 is 0 Å². The summed E-state index contributed by atoms with van der Waals surface area (Å²) in [5.74, 6) is 0. The summed E-state index contributed by atoms with van der Waals surface area (Å²) >= 11 is 0. The number of unbranched alkanes of at least 4 members (excludes halogenated alkanes) is 3. The third-order valence-electron chi connectivity index (χ3n) is 3.64. The maximum atomic E-state index is 9.54. The van der Waals surface area contributed by atoms with Crippen LogP contribution < -0.4 is 0 Å². The molecule has 0 spiro atoms. The predicted molar refractivity (Wildman–Crippen MR) is 104 cm³/mol. The van der Waals surface area contributed by atoms with Crippen molar-refractivity contribution in [1.82, 2.24) is 0 Å². The van der Waals surface area contributed by atoms with Gasteiger partial charge in [-0.2, -0.15) is 0 Å². The minimum atomic E-state index is -0.690. The van der Waals surface area contributed by atoms with Crippen molar-refractivity contribution in [2.45, 2.75) is 71.4 Å². The SMILES string of the molecule is CC(C)OC(O)CC=CCC=CCCCCCOCc1ccccc1. The Balaban J connectivity index is 1.88. The zero-order valence-corrected chi connectivity index (χ0v) is 15.8. The Labute approximate surface area is 153 Å². The Morgan fingerprint density at radius 3 is 2.48 bits per heavy atom. The normalized spacial score (nSPS) is 13.3. The van der Waals surface area contributed by atoms with Crippen LogP contribution in [-0.4, -0.2) is 24.1 Å². The third kappa shape index (κ3) is 13.5. The summed E-state index contributed by atoms with van der Waals surface area (Å²) in [6.45, 7) is 5.39. The number of aliphatic hydroxyl groups excluding tert-OH is 1. The Kier molecular flexibility index (Phi) is 12.9. The molecule has 1 unspecified atom stereocenters. The molecule has 0 heterocycles. The van der Waals surface area contributed by atoms with Crippen LogP contribution in [0.2, 0.25) is 0 Å². The van der Waals surface area contributed by atoms with Crippen LogP contribution in [0, 0.1) is 0 Å². The van der Waals surface area contributed by atoms with Gasteiger partial charge in [0.1, 0.15) is 0 Å². The molecule has 1 N–H and O–H groups in total. The largest absolute Gasteiger partial charge is 0.377 e. The zero-order chi connectivity index (χ0) is 18.2. The third-order valence-corrected chi connectivity index (χ3v) is 3.64. The topological polar surface area (TPSA) is 38.7 Å². The van der Waals surface area contributed by atoms with Crippen molar-refractivity contribution in [1.29, 1.82) is 0 Å². The summed E-state index contributed by atoms with van der Waals surface area (Å²) in [7, 11) is 0. The smallest absolute Gasteiger partial charge is 0.158 e. The Hall–Kier alpha value is -1.42. The van der Waals surface area contributed by atoms with Gasteiger partial charge >= 0.3 is 0 Å². The molecule has 0 bridgehead atoms. The van der Waals surface area contributed by atoms with Gasteiger partial charge in [-0.1, -0.05) is 61.1 Å². The molecule has 140 valence electrons. The first-order valence-corrected chi connectivity index (χ1v) is 9.43. The summed E-state index contributed by atoms with van der Waals surface area (Å²) in [6, 6.07) is 10.3. The first-order chi connectivity index (χ1) is 12.2. The molecule has 0 aliphatic rings. The van der Waals surface area contributed by atoms with Crippen LogP contribution in [0.15, 0.2) is 54.6 Å². The van der Waals surface area contributed by atoms with Crippen LogP contribution in [0.4, 0.5) is 0 Å². The average Bonchev–Trinajstić information content (AvgIpc) is 2.59. The van der Waals surface area contributed by atoms with Crippen molar-refractivity contribution < 1.29 is 14.6 Å². The quantitative estimate of drug-likeness (QED) is 0.278. The molecule has 0 amide bonds. The van der Waals surface area contributed by atoms with Crippen molar-refractivity contribution in [3.05, 3.63) is 60.2 Å². The number of benzene rings is 1. The highest BCUT2D eigenvalue weighted by Gasteiger charge is 2.02. The lowest BCUT2D eigenvalue weighted by Gasteiger charge is -2.12. The summed E-state index contributed by atoms with van der Waals surface area (Å²) in [5, 5.41) is 9.54. The van der Waals surface area contributed by atoms with E-state index in [1.54, 1.807) is 0 Å². The van der Waals surface area contributed by atoms with E-state index in [4.69, 9.17) is 9.47 Å². The lowest BCUT2D eigenvalue weighted by atomic mass is 10.2. The van der Waals surface area contributed by atoms with Crippen molar-refractivity contribution >= 4 is 0 Å². The van der Waals surface area contributed by atoms with Gasteiger partial charge in [-0.05, 0) is 45.1 Å². The number of ether oxygens (including phenoxy) is 2. The van der Waals surface area contributed by atoms with Crippen molar-refractivity contribution in [2.75, 3.05) is 6.61 Å². The summed E-state index contributed by atoms with van der Waals surface area (Å²) in [6.07, 6.45) is 13.9. The minimum absolute atomic E-state index is 0.0621. The van der Waals surface area contributed by atoms with E-state index < -0.39 is 6.29 Å². The molecular formula is C22H34O3. The van der Waals surface area contributed by atoms with Crippen LogP contribution in [0.25, 0.3) is 0 Å². The molecule has 25 heavy (non-hydrogen) atoms. The van der Waals surface area contributed by atoms with Crippen LogP contribution >= 0.6 is 0 Å². The maximum absolute atomic E-state index is 9.54. The second kappa shape index (κ2) is 14.9. The van der Waals surface area contributed by atoms with Gasteiger partial charge in [-0.15, -0.1) is 0 Å². The van der Waals surface area contributed by atoms with Gasteiger partial charge in [0.05, 0.1) is 12.7 Å². The van der Waals surface area contributed by atoms with E-state index in [9.17, 15) is 5.11 Å². The van der Waals surface area contributed by atoms with Crippen LogP contribution in [0.3, 0.4) is 0 Å². The fourth-order valence-electron chi connectivity index (χ4n) is 2.38. The van der Waals surface area contributed by atoms with E-state index in [2.05, 4.69) is 30.4 Å².